The van der Waals surface area contributed by atoms with Crippen LogP contribution in [0.1, 0.15) is 25.7 Å². The van der Waals surface area contributed by atoms with Crippen LogP contribution in [0.15, 0.2) is 4.99 Å². The highest BCUT2D eigenvalue weighted by Crippen LogP contribution is 2.21. The molecule has 3 atom stereocenters. The van der Waals surface area contributed by atoms with E-state index in [9.17, 15) is 0 Å². The van der Waals surface area contributed by atoms with Gasteiger partial charge < -0.3 is 24.6 Å². The summed E-state index contributed by atoms with van der Waals surface area (Å²) in [6.07, 6.45) is 5.36. The molecule has 1 N–H and O–H groups in total. The van der Waals surface area contributed by atoms with E-state index in [-0.39, 0.29) is 12.2 Å². The molecule has 0 aromatic heterocycles. The van der Waals surface area contributed by atoms with Crippen LogP contribution in [0, 0.1) is 5.92 Å². The predicted octanol–water partition coefficient (Wildman–Crippen LogP) is 0.783. The van der Waals surface area contributed by atoms with Gasteiger partial charge in [0.1, 0.15) is 6.10 Å². The number of ether oxygens (including phenoxy) is 2. The van der Waals surface area contributed by atoms with Gasteiger partial charge in [-0.15, -0.1) is 0 Å². The predicted molar refractivity (Wildman–Crippen MR) is 91.9 cm³/mol. The fourth-order valence-electron chi connectivity index (χ4n) is 4.00. The average Bonchev–Trinajstić information content (AvgIpc) is 3.10. The fourth-order valence-corrected chi connectivity index (χ4v) is 4.00. The van der Waals surface area contributed by atoms with Crippen LogP contribution >= 0.6 is 0 Å². The minimum atomic E-state index is 0.186. The van der Waals surface area contributed by atoms with Gasteiger partial charge in [-0.2, -0.15) is 0 Å². The lowest BCUT2D eigenvalue weighted by atomic mass is 9.98. The van der Waals surface area contributed by atoms with Gasteiger partial charge in [0.05, 0.1) is 12.7 Å². The second kappa shape index (κ2) is 8.31. The summed E-state index contributed by atoms with van der Waals surface area (Å²) in [7, 11) is 4.10. The van der Waals surface area contributed by atoms with Crippen molar-refractivity contribution in [1.82, 2.24) is 15.1 Å². The fraction of sp³-hybridized carbons (Fsp3) is 0.941. The zero-order chi connectivity index (χ0) is 16.1. The number of nitrogens with one attached hydrogen (secondary N) is 1. The lowest BCUT2D eigenvalue weighted by Crippen LogP contribution is -2.54. The Morgan fingerprint density at radius 1 is 1.09 bits per heavy atom. The maximum Gasteiger partial charge on any atom is 0.193 e. The summed E-state index contributed by atoms with van der Waals surface area (Å²) in [5.41, 5.74) is 0. The highest BCUT2D eigenvalue weighted by Gasteiger charge is 2.32. The number of aliphatic imine (C=N–C) groups is 1. The molecule has 0 aromatic carbocycles. The van der Waals surface area contributed by atoms with Crippen LogP contribution in [-0.2, 0) is 9.47 Å². The number of likely N-dealkylation sites (tertiary alicyclic amines) is 1. The molecule has 3 fully saturated rings. The lowest BCUT2D eigenvalue weighted by Gasteiger charge is -2.38. The highest BCUT2D eigenvalue weighted by atomic mass is 16.5. The normalized spacial score (nSPS) is 33.9. The van der Waals surface area contributed by atoms with Crippen LogP contribution in [0.4, 0.5) is 0 Å². The molecule has 132 valence electrons. The van der Waals surface area contributed by atoms with E-state index in [1.165, 1.54) is 25.9 Å². The molecule has 3 aliphatic heterocycles. The molecule has 3 unspecified atom stereocenters. The zero-order valence-electron chi connectivity index (χ0n) is 14.7. The molecule has 6 heteroatoms. The van der Waals surface area contributed by atoms with Gasteiger partial charge in [0.25, 0.3) is 0 Å². The first-order valence-corrected chi connectivity index (χ1v) is 9.13. The number of piperidine rings is 1. The smallest absolute Gasteiger partial charge is 0.193 e. The second-order valence-electron chi connectivity index (χ2n) is 7.11. The first kappa shape index (κ1) is 17.0. The van der Waals surface area contributed by atoms with Crippen LogP contribution < -0.4 is 5.32 Å². The topological polar surface area (TPSA) is 49.3 Å². The molecule has 0 amide bonds. The number of rotatable bonds is 3. The minimum absolute atomic E-state index is 0.186. The maximum absolute atomic E-state index is 5.94. The minimum Gasteiger partial charge on any atom is -0.375 e. The third-order valence-electron chi connectivity index (χ3n) is 5.26. The summed E-state index contributed by atoms with van der Waals surface area (Å²) in [5.74, 6) is 1.74. The average molecular weight is 324 g/mol. The third-order valence-corrected chi connectivity index (χ3v) is 5.26. The van der Waals surface area contributed by atoms with Crippen molar-refractivity contribution in [2.75, 3.05) is 60.0 Å². The highest BCUT2D eigenvalue weighted by molar-refractivity contribution is 5.80. The van der Waals surface area contributed by atoms with Gasteiger partial charge in [-0.3, -0.25) is 4.99 Å². The molecule has 0 saturated carbocycles. The van der Waals surface area contributed by atoms with Gasteiger partial charge in [0.15, 0.2) is 5.96 Å². The van der Waals surface area contributed by atoms with E-state index in [1.54, 1.807) is 0 Å². The quantitative estimate of drug-likeness (QED) is 0.614. The van der Waals surface area contributed by atoms with E-state index < -0.39 is 0 Å². The SMILES string of the molecule is CN=C(NCC1CCCN(C)C1)N1CCOC(C2CCCO2)C1. The van der Waals surface area contributed by atoms with Crippen LogP contribution in [-0.4, -0.2) is 88.0 Å². The molecule has 3 rings (SSSR count). The summed E-state index contributed by atoms with van der Waals surface area (Å²) >= 11 is 0. The van der Waals surface area contributed by atoms with Gasteiger partial charge in [-0.25, -0.2) is 0 Å². The number of morpholine rings is 1. The van der Waals surface area contributed by atoms with Gasteiger partial charge in [0.2, 0.25) is 0 Å². The molecular formula is C17H32N4O2. The van der Waals surface area contributed by atoms with Crippen molar-refractivity contribution in [3.63, 3.8) is 0 Å². The number of hydrogen-bond acceptors (Lipinski definition) is 4. The molecule has 0 radical (unpaired) electrons. The van der Waals surface area contributed by atoms with Crippen molar-refractivity contribution in [2.24, 2.45) is 10.9 Å². The summed E-state index contributed by atoms with van der Waals surface area (Å²) in [5, 5.41) is 3.59. The first-order chi connectivity index (χ1) is 11.3. The Bertz CT molecular complexity index is 398. The molecular weight excluding hydrogens is 292 g/mol. The van der Waals surface area contributed by atoms with Crippen LogP contribution in [0.2, 0.25) is 0 Å². The summed E-state index contributed by atoms with van der Waals surface area (Å²) < 4.78 is 11.7. The van der Waals surface area contributed by atoms with E-state index in [0.29, 0.717) is 0 Å². The van der Waals surface area contributed by atoms with Crippen molar-refractivity contribution < 1.29 is 9.47 Å². The number of nitrogens with zero attached hydrogens (tertiary/aromatic N) is 3. The van der Waals surface area contributed by atoms with Crippen LogP contribution in [0.5, 0.6) is 0 Å². The number of hydrogen-bond donors (Lipinski definition) is 1. The Morgan fingerprint density at radius 3 is 2.70 bits per heavy atom. The van der Waals surface area contributed by atoms with Gasteiger partial charge in [-0.1, -0.05) is 0 Å². The Morgan fingerprint density at radius 2 is 1.96 bits per heavy atom. The Kier molecular flexibility index (Phi) is 6.14. The standard InChI is InChI=1S/C17H32N4O2/c1-18-17(19-11-14-5-3-7-20(2)12-14)21-8-10-23-16(13-21)15-6-4-9-22-15/h14-16H,3-13H2,1-2H3,(H,18,19). The van der Waals surface area contributed by atoms with E-state index in [4.69, 9.17) is 9.47 Å². The van der Waals surface area contributed by atoms with Crippen molar-refractivity contribution in [3.8, 4) is 0 Å². The van der Waals surface area contributed by atoms with Gasteiger partial charge in [-0.05, 0) is 45.2 Å². The molecule has 0 spiro atoms. The molecule has 3 heterocycles. The van der Waals surface area contributed by atoms with E-state index in [1.807, 2.05) is 7.05 Å². The lowest BCUT2D eigenvalue weighted by molar-refractivity contribution is -0.0817. The molecule has 0 bridgehead atoms. The summed E-state index contributed by atoms with van der Waals surface area (Å²) in [6, 6.07) is 0. The van der Waals surface area contributed by atoms with E-state index in [2.05, 4.69) is 27.2 Å². The molecule has 3 aliphatic rings. The van der Waals surface area contributed by atoms with Crippen molar-refractivity contribution in [3.05, 3.63) is 0 Å². The maximum atomic E-state index is 5.94. The zero-order valence-corrected chi connectivity index (χ0v) is 14.7. The molecule has 0 aliphatic carbocycles. The van der Waals surface area contributed by atoms with Gasteiger partial charge >= 0.3 is 0 Å². The molecule has 6 nitrogen and oxygen atoms in total. The van der Waals surface area contributed by atoms with Gasteiger partial charge in [0, 0.05) is 39.8 Å². The van der Waals surface area contributed by atoms with Crippen molar-refractivity contribution in [1.29, 1.82) is 0 Å². The third kappa shape index (κ3) is 4.58. The first-order valence-electron chi connectivity index (χ1n) is 9.13. The summed E-state index contributed by atoms with van der Waals surface area (Å²) in [6.45, 7) is 6.87. The summed E-state index contributed by atoms with van der Waals surface area (Å²) in [4.78, 5) is 9.26. The molecule has 3 saturated heterocycles. The van der Waals surface area contributed by atoms with Crippen molar-refractivity contribution >= 4 is 5.96 Å². The molecule has 0 aromatic rings. The van der Waals surface area contributed by atoms with E-state index >= 15 is 0 Å². The Labute approximate surface area is 140 Å². The Balaban J connectivity index is 1.49. The monoisotopic (exact) mass is 324 g/mol. The largest absolute Gasteiger partial charge is 0.375 e. The molecule has 23 heavy (non-hydrogen) atoms. The van der Waals surface area contributed by atoms with Crippen LogP contribution in [0.25, 0.3) is 0 Å². The second-order valence-corrected chi connectivity index (χ2v) is 7.11. The Hall–Kier alpha value is -0.850. The van der Waals surface area contributed by atoms with E-state index in [0.717, 1.165) is 57.6 Å². The van der Waals surface area contributed by atoms with Crippen LogP contribution in [0.3, 0.4) is 0 Å². The number of guanidine groups is 1. The van der Waals surface area contributed by atoms with Crippen molar-refractivity contribution in [2.45, 2.75) is 37.9 Å².